The molecule has 1 saturated heterocycles. The lowest BCUT2D eigenvalue weighted by Gasteiger charge is -2.35. The van der Waals surface area contributed by atoms with Gasteiger partial charge in [-0.15, -0.1) is 0 Å². The molecule has 102 valence electrons. The van der Waals surface area contributed by atoms with Gasteiger partial charge in [-0.05, 0) is 52.1 Å². The Bertz CT molecular complexity index is 206. The molecule has 0 aromatic carbocycles. The van der Waals surface area contributed by atoms with Crippen molar-refractivity contribution in [2.75, 3.05) is 19.7 Å². The Morgan fingerprint density at radius 3 is 2.76 bits per heavy atom. The number of hydrogen-bond donors (Lipinski definition) is 2. The fourth-order valence-electron chi connectivity index (χ4n) is 2.74. The van der Waals surface area contributed by atoms with E-state index in [2.05, 4.69) is 11.8 Å². The molecule has 17 heavy (non-hydrogen) atoms. The summed E-state index contributed by atoms with van der Waals surface area (Å²) in [7, 11) is 0. The minimum atomic E-state index is -0.383. The first-order chi connectivity index (χ1) is 8.09. The zero-order valence-electron chi connectivity index (χ0n) is 11.6. The van der Waals surface area contributed by atoms with Crippen LogP contribution in [-0.4, -0.2) is 41.3 Å². The quantitative estimate of drug-likeness (QED) is 0.672. The number of hydrogen-bond acceptors (Lipinski definition) is 3. The van der Waals surface area contributed by atoms with E-state index in [9.17, 15) is 0 Å². The van der Waals surface area contributed by atoms with Crippen molar-refractivity contribution >= 4 is 0 Å². The van der Waals surface area contributed by atoms with E-state index in [1.54, 1.807) is 0 Å². The van der Waals surface area contributed by atoms with Crippen LogP contribution < -0.4 is 5.73 Å². The number of likely N-dealkylation sites (tertiary alicyclic amines) is 1. The van der Waals surface area contributed by atoms with Gasteiger partial charge in [-0.25, -0.2) is 0 Å². The average molecular weight is 242 g/mol. The highest BCUT2D eigenvalue weighted by molar-refractivity contribution is 4.78. The molecule has 0 aromatic heterocycles. The minimum Gasteiger partial charge on any atom is -0.394 e. The molecule has 0 aliphatic carbocycles. The van der Waals surface area contributed by atoms with E-state index < -0.39 is 0 Å². The second-order valence-corrected chi connectivity index (χ2v) is 5.86. The second kappa shape index (κ2) is 7.34. The van der Waals surface area contributed by atoms with Gasteiger partial charge in [0.1, 0.15) is 0 Å². The van der Waals surface area contributed by atoms with E-state index >= 15 is 0 Å². The van der Waals surface area contributed by atoms with Crippen molar-refractivity contribution in [1.29, 1.82) is 0 Å². The zero-order chi connectivity index (χ0) is 12.7. The highest BCUT2D eigenvalue weighted by Crippen LogP contribution is 2.20. The fourth-order valence-corrected chi connectivity index (χ4v) is 2.74. The maximum absolute atomic E-state index is 9.09. The van der Waals surface area contributed by atoms with Gasteiger partial charge in [0.15, 0.2) is 0 Å². The highest BCUT2D eigenvalue weighted by atomic mass is 16.3. The third-order valence-corrected chi connectivity index (χ3v) is 4.02. The van der Waals surface area contributed by atoms with Crippen LogP contribution in [0.3, 0.4) is 0 Å². The van der Waals surface area contributed by atoms with Gasteiger partial charge in [0.2, 0.25) is 0 Å². The van der Waals surface area contributed by atoms with Crippen LogP contribution in [0.5, 0.6) is 0 Å². The van der Waals surface area contributed by atoms with E-state index in [-0.39, 0.29) is 12.1 Å². The van der Waals surface area contributed by atoms with Crippen LogP contribution in [0.25, 0.3) is 0 Å². The Labute approximate surface area is 106 Å². The first-order valence-electron chi connectivity index (χ1n) is 7.23. The van der Waals surface area contributed by atoms with Crippen molar-refractivity contribution in [2.45, 2.75) is 70.4 Å². The summed E-state index contributed by atoms with van der Waals surface area (Å²) in [6, 6.07) is 0.811. The Balaban J connectivity index is 2.16. The summed E-state index contributed by atoms with van der Waals surface area (Å²) in [5, 5.41) is 9.09. The first kappa shape index (κ1) is 14.9. The number of rotatable bonds is 7. The zero-order valence-corrected chi connectivity index (χ0v) is 11.6. The summed E-state index contributed by atoms with van der Waals surface area (Å²) in [6.45, 7) is 6.81. The normalized spacial score (nSPS) is 25.8. The predicted molar refractivity (Wildman–Crippen MR) is 73.0 cm³/mol. The van der Waals surface area contributed by atoms with Crippen molar-refractivity contribution in [1.82, 2.24) is 4.90 Å². The summed E-state index contributed by atoms with van der Waals surface area (Å²) in [5.41, 5.74) is 5.54. The number of unbranched alkanes of at least 4 members (excludes halogenated alkanes) is 1. The van der Waals surface area contributed by atoms with Gasteiger partial charge in [-0.3, -0.25) is 0 Å². The van der Waals surface area contributed by atoms with Crippen LogP contribution in [0.4, 0.5) is 0 Å². The van der Waals surface area contributed by atoms with Gasteiger partial charge in [-0.2, -0.15) is 0 Å². The van der Waals surface area contributed by atoms with E-state index in [1.165, 1.54) is 45.2 Å². The van der Waals surface area contributed by atoms with Crippen LogP contribution in [0.1, 0.15) is 58.8 Å². The summed E-state index contributed by atoms with van der Waals surface area (Å²) in [6.07, 6.45) is 8.69. The van der Waals surface area contributed by atoms with Crippen LogP contribution in [0.2, 0.25) is 0 Å². The molecule has 1 rings (SSSR count). The van der Waals surface area contributed by atoms with Gasteiger partial charge in [0, 0.05) is 11.6 Å². The molecule has 0 amide bonds. The summed E-state index contributed by atoms with van der Waals surface area (Å²) in [4.78, 5) is 2.65. The monoisotopic (exact) mass is 242 g/mol. The molecule has 0 spiro atoms. The maximum Gasteiger partial charge on any atom is 0.0608 e. The molecule has 3 heteroatoms. The number of aliphatic hydroxyl groups excluding tert-OH is 1. The fraction of sp³-hybridized carbons (Fsp3) is 1.00. The van der Waals surface area contributed by atoms with Crippen molar-refractivity contribution in [3.63, 3.8) is 0 Å². The van der Waals surface area contributed by atoms with Gasteiger partial charge < -0.3 is 15.7 Å². The van der Waals surface area contributed by atoms with Gasteiger partial charge in [-0.1, -0.05) is 19.8 Å². The molecular formula is C14H30N2O. The van der Waals surface area contributed by atoms with Crippen molar-refractivity contribution in [3.8, 4) is 0 Å². The molecule has 0 bridgehead atoms. The Morgan fingerprint density at radius 1 is 1.35 bits per heavy atom. The van der Waals surface area contributed by atoms with Crippen molar-refractivity contribution < 1.29 is 5.11 Å². The van der Waals surface area contributed by atoms with E-state index in [0.717, 1.165) is 18.9 Å². The molecule has 0 radical (unpaired) electrons. The number of nitrogens with two attached hydrogens (primary N) is 1. The molecule has 1 aliphatic rings. The van der Waals surface area contributed by atoms with Gasteiger partial charge in [0.05, 0.1) is 6.61 Å². The second-order valence-electron chi connectivity index (χ2n) is 5.86. The topological polar surface area (TPSA) is 49.5 Å². The lowest BCUT2D eigenvalue weighted by Crippen LogP contribution is -2.41. The van der Waals surface area contributed by atoms with Gasteiger partial charge >= 0.3 is 0 Å². The van der Waals surface area contributed by atoms with Crippen molar-refractivity contribution in [3.05, 3.63) is 0 Å². The Morgan fingerprint density at radius 2 is 2.12 bits per heavy atom. The molecule has 3 N–H and O–H groups in total. The third kappa shape index (κ3) is 5.36. The smallest absolute Gasteiger partial charge is 0.0608 e. The Hall–Kier alpha value is -0.120. The number of aliphatic hydroxyl groups is 1. The molecule has 1 fully saturated rings. The molecule has 1 heterocycles. The predicted octanol–water partition coefficient (Wildman–Crippen LogP) is 2.13. The first-order valence-corrected chi connectivity index (χ1v) is 7.23. The average Bonchev–Trinajstić information content (AvgIpc) is 2.35. The van der Waals surface area contributed by atoms with E-state index in [4.69, 9.17) is 10.8 Å². The molecule has 3 nitrogen and oxygen atoms in total. The number of nitrogens with zero attached hydrogens (tertiary/aromatic N) is 1. The van der Waals surface area contributed by atoms with Crippen LogP contribution in [0, 0.1) is 0 Å². The lowest BCUT2D eigenvalue weighted by atomic mass is 9.96. The van der Waals surface area contributed by atoms with Crippen LogP contribution in [0.15, 0.2) is 0 Å². The van der Waals surface area contributed by atoms with Crippen LogP contribution in [-0.2, 0) is 0 Å². The van der Waals surface area contributed by atoms with Crippen molar-refractivity contribution in [2.24, 2.45) is 5.73 Å². The molecule has 2 atom stereocenters. The van der Waals surface area contributed by atoms with Crippen LogP contribution >= 0.6 is 0 Å². The summed E-state index contributed by atoms with van der Waals surface area (Å²) < 4.78 is 0. The molecule has 1 aliphatic heterocycles. The van der Waals surface area contributed by atoms with E-state index in [1.807, 2.05) is 6.92 Å². The molecule has 0 aromatic rings. The van der Waals surface area contributed by atoms with Gasteiger partial charge in [0.25, 0.3) is 0 Å². The standard InChI is InChI=1S/C14H30N2O/c1-3-13-8-4-6-10-16(13)11-7-5-9-14(2,15)12-17/h13,17H,3-12,15H2,1-2H3. The SMILES string of the molecule is CCC1CCCCN1CCCCC(C)(N)CO. The maximum atomic E-state index is 9.09. The minimum absolute atomic E-state index is 0.0916. The summed E-state index contributed by atoms with van der Waals surface area (Å²) >= 11 is 0. The third-order valence-electron chi connectivity index (χ3n) is 4.02. The highest BCUT2D eigenvalue weighted by Gasteiger charge is 2.21. The Kier molecular flexibility index (Phi) is 6.45. The molecular weight excluding hydrogens is 212 g/mol. The molecule has 2 unspecified atom stereocenters. The largest absolute Gasteiger partial charge is 0.394 e. The molecule has 0 saturated carbocycles. The number of piperidine rings is 1. The van der Waals surface area contributed by atoms with E-state index in [0.29, 0.717) is 0 Å². The summed E-state index contributed by atoms with van der Waals surface area (Å²) in [5.74, 6) is 0. The lowest BCUT2D eigenvalue weighted by molar-refractivity contribution is 0.138.